The Labute approximate surface area is 129 Å². The molecule has 1 N–H and O–H groups in total. The summed E-state index contributed by atoms with van der Waals surface area (Å²) in [6.07, 6.45) is 7.25. The number of piperidine rings is 1. The summed E-state index contributed by atoms with van der Waals surface area (Å²) in [5.41, 5.74) is 0.990. The van der Waals surface area contributed by atoms with Crippen LogP contribution in [0.15, 0.2) is 42.9 Å². The van der Waals surface area contributed by atoms with Gasteiger partial charge in [-0.15, -0.1) is 0 Å². The highest BCUT2D eigenvalue weighted by molar-refractivity contribution is 5.91. The Morgan fingerprint density at radius 1 is 1.36 bits per heavy atom. The molecule has 1 aliphatic heterocycles. The minimum atomic E-state index is -0.157. The van der Waals surface area contributed by atoms with Crippen molar-refractivity contribution in [3.63, 3.8) is 0 Å². The molecule has 0 spiro atoms. The molecule has 1 amide bonds. The standard InChI is InChI=1S/C16H17N5O/c17-11-20-8-4-5-13(9-20)16(22)19-15-10-21(12-18-15)14-6-2-1-3-7-14/h1-3,6-7,10,12-13H,4-5,8-9H2,(H,19,22). The van der Waals surface area contributed by atoms with E-state index >= 15 is 0 Å². The number of hydrogen-bond acceptors (Lipinski definition) is 4. The second-order valence-corrected chi connectivity index (χ2v) is 5.38. The summed E-state index contributed by atoms with van der Waals surface area (Å²) in [5, 5.41) is 11.8. The second kappa shape index (κ2) is 6.31. The average molecular weight is 295 g/mol. The SMILES string of the molecule is N#CN1CCCC(C(=O)Nc2cn(-c3ccccc3)cn2)C1. The Bertz CT molecular complexity index is 688. The maximum absolute atomic E-state index is 12.3. The predicted molar refractivity (Wildman–Crippen MR) is 82.1 cm³/mol. The molecular formula is C16H17N5O. The van der Waals surface area contributed by atoms with E-state index in [9.17, 15) is 4.79 Å². The number of para-hydroxylation sites is 1. The molecule has 6 heteroatoms. The van der Waals surface area contributed by atoms with Crippen molar-refractivity contribution in [2.75, 3.05) is 18.4 Å². The third-order valence-electron chi connectivity index (χ3n) is 3.82. The van der Waals surface area contributed by atoms with Crippen LogP contribution in [-0.2, 0) is 4.79 Å². The molecule has 1 fully saturated rings. The molecule has 1 unspecified atom stereocenters. The van der Waals surface area contributed by atoms with Gasteiger partial charge < -0.3 is 14.8 Å². The number of anilines is 1. The Morgan fingerprint density at radius 2 is 2.18 bits per heavy atom. The number of rotatable bonds is 3. The number of aromatic nitrogens is 2. The molecule has 0 bridgehead atoms. The number of benzene rings is 1. The van der Waals surface area contributed by atoms with Gasteiger partial charge >= 0.3 is 0 Å². The molecule has 0 aliphatic carbocycles. The molecule has 6 nitrogen and oxygen atoms in total. The first-order valence-electron chi connectivity index (χ1n) is 7.31. The highest BCUT2D eigenvalue weighted by atomic mass is 16.2. The van der Waals surface area contributed by atoms with Gasteiger partial charge in [-0.3, -0.25) is 4.79 Å². The fraction of sp³-hybridized carbons (Fsp3) is 0.312. The third-order valence-corrected chi connectivity index (χ3v) is 3.82. The van der Waals surface area contributed by atoms with Crippen LogP contribution in [-0.4, -0.2) is 33.4 Å². The van der Waals surface area contributed by atoms with Crippen LogP contribution >= 0.6 is 0 Å². The number of hydrogen-bond donors (Lipinski definition) is 1. The monoisotopic (exact) mass is 295 g/mol. The molecule has 2 heterocycles. The Hall–Kier alpha value is -2.81. The van der Waals surface area contributed by atoms with E-state index in [0.29, 0.717) is 12.4 Å². The van der Waals surface area contributed by atoms with E-state index in [-0.39, 0.29) is 11.8 Å². The first-order chi connectivity index (χ1) is 10.8. The largest absolute Gasteiger partial charge is 0.310 e. The fourth-order valence-electron chi connectivity index (χ4n) is 2.64. The minimum absolute atomic E-state index is 0.0711. The molecule has 1 aromatic heterocycles. The van der Waals surface area contributed by atoms with Crippen molar-refractivity contribution in [3.8, 4) is 11.9 Å². The van der Waals surface area contributed by atoms with Crippen molar-refractivity contribution >= 4 is 11.7 Å². The van der Waals surface area contributed by atoms with Crippen LogP contribution in [0.2, 0.25) is 0 Å². The van der Waals surface area contributed by atoms with E-state index in [1.165, 1.54) is 0 Å². The van der Waals surface area contributed by atoms with Gasteiger partial charge in [-0.25, -0.2) is 4.98 Å². The maximum atomic E-state index is 12.3. The summed E-state index contributed by atoms with van der Waals surface area (Å²) in [6, 6.07) is 9.80. The van der Waals surface area contributed by atoms with E-state index < -0.39 is 0 Å². The van der Waals surface area contributed by atoms with E-state index in [1.807, 2.05) is 34.9 Å². The Balaban J connectivity index is 1.65. The van der Waals surface area contributed by atoms with Crippen LogP contribution in [0.3, 0.4) is 0 Å². The van der Waals surface area contributed by atoms with Crippen LogP contribution in [0.25, 0.3) is 5.69 Å². The first-order valence-corrected chi connectivity index (χ1v) is 7.31. The smallest absolute Gasteiger partial charge is 0.230 e. The summed E-state index contributed by atoms with van der Waals surface area (Å²) in [4.78, 5) is 18.1. The van der Waals surface area contributed by atoms with Crippen LogP contribution in [0.4, 0.5) is 5.82 Å². The van der Waals surface area contributed by atoms with Crippen molar-refractivity contribution in [2.45, 2.75) is 12.8 Å². The lowest BCUT2D eigenvalue weighted by atomic mass is 9.98. The molecule has 0 saturated carbocycles. The molecule has 1 aliphatic rings. The lowest BCUT2D eigenvalue weighted by Gasteiger charge is -2.27. The molecule has 3 rings (SSSR count). The van der Waals surface area contributed by atoms with Crippen molar-refractivity contribution in [1.82, 2.24) is 14.5 Å². The number of nitrogens with one attached hydrogen (secondary N) is 1. The lowest BCUT2D eigenvalue weighted by Crippen LogP contribution is -2.38. The normalized spacial score (nSPS) is 17.8. The fourth-order valence-corrected chi connectivity index (χ4v) is 2.64. The predicted octanol–water partition coefficient (Wildman–Crippen LogP) is 2.00. The highest BCUT2D eigenvalue weighted by Crippen LogP contribution is 2.18. The zero-order valence-corrected chi connectivity index (χ0v) is 12.1. The Kier molecular flexibility index (Phi) is 4.05. The topological polar surface area (TPSA) is 74.0 Å². The third kappa shape index (κ3) is 3.09. The van der Waals surface area contributed by atoms with E-state index in [2.05, 4.69) is 16.5 Å². The quantitative estimate of drug-likeness (QED) is 0.879. The molecule has 22 heavy (non-hydrogen) atoms. The van der Waals surface area contributed by atoms with Gasteiger partial charge in [-0.1, -0.05) is 18.2 Å². The summed E-state index contributed by atoms with van der Waals surface area (Å²) < 4.78 is 1.86. The van der Waals surface area contributed by atoms with Gasteiger partial charge in [-0.2, -0.15) is 5.26 Å². The van der Waals surface area contributed by atoms with Crippen molar-refractivity contribution in [2.24, 2.45) is 5.92 Å². The second-order valence-electron chi connectivity index (χ2n) is 5.38. The Morgan fingerprint density at radius 3 is 2.95 bits per heavy atom. The van der Waals surface area contributed by atoms with Crippen LogP contribution in [0, 0.1) is 17.4 Å². The van der Waals surface area contributed by atoms with Gasteiger partial charge in [0.25, 0.3) is 0 Å². The molecule has 0 radical (unpaired) electrons. The number of carbonyl (C=O) groups excluding carboxylic acids is 1. The highest BCUT2D eigenvalue weighted by Gasteiger charge is 2.25. The molecule has 1 saturated heterocycles. The van der Waals surface area contributed by atoms with Crippen molar-refractivity contribution in [3.05, 3.63) is 42.9 Å². The van der Waals surface area contributed by atoms with Crippen LogP contribution < -0.4 is 5.32 Å². The van der Waals surface area contributed by atoms with Crippen molar-refractivity contribution in [1.29, 1.82) is 5.26 Å². The minimum Gasteiger partial charge on any atom is -0.310 e. The summed E-state index contributed by atoms with van der Waals surface area (Å²) in [6.45, 7) is 1.23. The van der Waals surface area contributed by atoms with Crippen LogP contribution in [0.1, 0.15) is 12.8 Å². The number of amides is 1. The molecule has 1 aromatic carbocycles. The first kappa shape index (κ1) is 14.1. The number of carbonyl (C=O) groups is 1. The number of nitrogens with zero attached hydrogens (tertiary/aromatic N) is 4. The van der Waals surface area contributed by atoms with Crippen LogP contribution in [0.5, 0.6) is 0 Å². The number of nitriles is 1. The molecule has 2 aromatic rings. The molecule has 1 atom stereocenters. The summed E-state index contributed by atoms with van der Waals surface area (Å²) in [7, 11) is 0. The summed E-state index contributed by atoms with van der Waals surface area (Å²) in [5.74, 6) is 0.302. The number of imidazole rings is 1. The zero-order valence-electron chi connectivity index (χ0n) is 12.1. The molecular weight excluding hydrogens is 278 g/mol. The van der Waals surface area contributed by atoms with Crippen molar-refractivity contribution < 1.29 is 4.79 Å². The maximum Gasteiger partial charge on any atom is 0.230 e. The van der Waals surface area contributed by atoms with E-state index in [1.54, 1.807) is 17.4 Å². The summed E-state index contributed by atoms with van der Waals surface area (Å²) >= 11 is 0. The number of likely N-dealkylation sites (tertiary alicyclic amines) is 1. The van der Waals surface area contributed by atoms with Gasteiger partial charge in [0.15, 0.2) is 12.0 Å². The van der Waals surface area contributed by atoms with E-state index in [4.69, 9.17) is 5.26 Å². The van der Waals surface area contributed by atoms with Gasteiger partial charge in [0, 0.05) is 18.8 Å². The van der Waals surface area contributed by atoms with Gasteiger partial charge in [0.1, 0.15) is 6.33 Å². The van der Waals surface area contributed by atoms with Gasteiger partial charge in [0.05, 0.1) is 12.1 Å². The average Bonchev–Trinajstić information content (AvgIpc) is 3.04. The van der Waals surface area contributed by atoms with Gasteiger partial charge in [-0.05, 0) is 25.0 Å². The van der Waals surface area contributed by atoms with E-state index in [0.717, 1.165) is 25.1 Å². The zero-order chi connectivity index (χ0) is 15.4. The van der Waals surface area contributed by atoms with Gasteiger partial charge in [0.2, 0.25) is 5.91 Å². The lowest BCUT2D eigenvalue weighted by molar-refractivity contribution is -0.121. The molecule has 112 valence electrons.